The highest BCUT2D eigenvalue weighted by molar-refractivity contribution is 5.84. The standard InChI is InChI=1S/C10H15NO/c1-10(9(12)11(2)3)7-5-4-6-8-10/h4-7H,8H2,1-3H3. The summed E-state index contributed by atoms with van der Waals surface area (Å²) in [5.74, 6) is 0.170. The second kappa shape index (κ2) is 3.13. The molecular weight excluding hydrogens is 150 g/mol. The minimum Gasteiger partial charge on any atom is -0.348 e. The van der Waals surface area contributed by atoms with Gasteiger partial charge in [-0.15, -0.1) is 0 Å². The SMILES string of the molecule is CN(C)C(=O)C1(C)C=CC=CC1. The number of nitrogens with zero attached hydrogens (tertiary/aromatic N) is 1. The summed E-state index contributed by atoms with van der Waals surface area (Å²) in [4.78, 5) is 13.3. The first-order chi connectivity index (χ1) is 5.56. The van der Waals surface area contributed by atoms with E-state index in [1.54, 1.807) is 19.0 Å². The largest absolute Gasteiger partial charge is 0.348 e. The normalized spacial score (nSPS) is 27.2. The molecule has 0 aromatic heterocycles. The Morgan fingerprint density at radius 2 is 2.08 bits per heavy atom. The van der Waals surface area contributed by atoms with Crippen molar-refractivity contribution in [3.63, 3.8) is 0 Å². The Bertz CT molecular complexity index is 240. The Labute approximate surface area is 73.6 Å². The highest BCUT2D eigenvalue weighted by atomic mass is 16.2. The monoisotopic (exact) mass is 165 g/mol. The fourth-order valence-electron chi connectivity index (χ4n) is 1.40. The van der Waals surface area contributed by atoms with Crippen LogP contribution in [0, 0.1) is 5.41 Å². The average Bonchev–Trinajstić information content (AvgIpc) is 2.04. The number of carbonyl (C=O) groups is 1. The van der Waals surface area contributed by atoms with Crippen LogP contribution >= 0.6 is 0 Å². The second-order valence-corrected chi connectivity index (χ2v) is 3.61. The molecule has 1 unspecified atom stereocenters. The van der Waals surface area contributed by atoms with Crippen LogP contribution in [-0.4, -0.2) is 24.9 Å². The number of hydrogen-bond donors (Lipinski definition) is 0. The summed E-state index contributed by atoms with van der Waals surface area (Å²) in [5, 5.41) is 0. The van der Waals surface area contributed by atoms with Gasteiger partial charge in [0.15, 0.2) is 0 Å². The molecule has 0 N–H and O–H groups in total. The lowest BCUT2D eigenvalue weighted by Crippen LogP contribution is -2.36. The van der Waals surface area contributed by atoms with Gasteiger partial charge in [0.1, 0.15) is 0 Å². The second-order valence-electron chi connectivity index (χ2n) is 3.61. The van der Waals surface area contributed by atoms with Crippen LogP contribution in [0.5, 0.6) is 0 Å². The van der Waals surface area contributed by atoms with Crippen LogP contribution in [0.4, 0.5) is 0 Å². The zero-order valence-electron chi connectivity index (χ0n) is 7.87. The van der Waals surface area contributed by atoms with Gasteiger partial charge in [0, 0.05) is 14.1 Å². The van der Waals surface area contributed by atoms with Crippen molar-refractivity contribution in [3.8, 4) is 0 Å². The molecule has 12 heavy (non-hydrogen) atoms. The van der Waals surface area contributed by atoms with E-state index in [0.717, 1.165) is 6.42 Å². The molecule has 0 saturated carbocycles. The highest BCUT2D eigenvalue weighted by Gasteiger charge is 2.31. The lowest BCUT2D eigenvalue weighted by Gasteiger charge is -2.28. The van der Waals surface area contributed by atoms with Crippen molar-refractivity contribution >= 4 is 5.91 Å². The minimum atomic E-state index is -0.321. The maximum Gasteiger partial charge on any atom is 0.232 e. The molecule has 1 rings (SSSR count). The van der Waals surface area contributed by atoms with Crippen molar-refractivity contribution in [2.45, 2.75) is 13.3 Å². The Morgan fingerprint density at radius 3 is 2.50 bits per heavy atom. The fourth-order valence-corrected chi connectivity index (χ4v) is 1.40. The average molecular weight is 165 g/mol. The summed E-state index contributed by atoms with van der Waals surface area (Å²) in [7, 11) is 3.58. The molecule has 2 heteroatoms. The van der Waals surface area contributed by atoms with Crippen LogP contribution in [0.3, 0.4) is 0 Å². The summed E-state index contributed by atoms with van der Waals surface area (Å²) < 4.78 is 0. The molecule has 0 saturated heterocycles. The third-order valence-corrected chi connectivity index (χ3v) is 2.15. The molecular formula is C10H15NO. The molecule has 66 valence electrons. The smallest absolute Gasteiger partial charge is 0.232 e. The quantitative estimate of drug-likeness (QED) is 0.578. The molecule has 0 aromatic carbocycles. The van der Waals surface area contributed by atoms with Gasteiger partial charge in [-0.2, -0.15) is 0 Å². The van der Waals surface area contributed by atoms with Gasteiger partial charge >= 0.3 is 0 Å². The Balaban J connectivity index is 2.79. The molecule has 0 radical (unpaired) electrons. The zero-order valence-corrected chi connectivity index (χ0v) is 7.87. The first kappa shape index (κ1) is 9.04. The molecule has 0 aromatic rings. The topological polar surface area (TPSA) is 20.3 Å². The molecule has 1 amide bonds. The van der Waals surface area contributed by atoms with Crippen LogP contribution in [-0.2, 0) is 4.79 Å². The number of amides is 1. The van der Waals surface area contributed by atoms with E-state index >= 15 is 0 Å². The van der Waals surface area contributed by atoms with Gasteiger partial charge in [-0.1, -0.05) is 24.3 Å². The van der Waals surface area contributed by atoms with Gasteiger partial charge in [0.25, 0.3) is 0 Å². The predicted octanol–water partition coefficient (Wildman–Crippen LogP) is 1.60. The van der Waals surface area contributed by atoms with Crippen molar-refractivity contribution < 1.29 is 4.79 Å². The third-order valence-electron chi connectivity index (χ3n) is 2.15. The highest BCUT2D eigenvalue weighted by Crippen LogP contribution is 2.28. The lowest BCUT2D eigenvalue weighted by atomic mass is 9.82. The minimum absolute atomic E-state index is 0.170. The number of rotatable bonds is 1. The number of allylic oxidation sites excluding steroid dienone is 3. The van der Waals surface area contributed by atoms with E-state index in [9.17, 15) is 4.79 Å². The van der Waals surface area contributed by atoms with E-state index in [1.807, 2.05) is 31.2 Å². The molecule has 1 aliphatic carbocycles. The maximum absolute atomic E-state index is 11.7. The zero-order chi connectivity index (χ0) is 9.19. The lowest BCUT2D eigenvalue weighted by molar-refractivity contribution is -0.135. The first-order valence-electron chi connectivity index (χ1n) is 4.12. The Hall–Kier alpha value is -1.05. The van der Waals surface area contributed by atoms with E-state index in [0.29, 0.717) is 0 Å². The fraction of sp³-hybridized carbons (Fsp3) is 0.500. The van der Waals surface area contributed by atoms with E-state index in [2.05, 4.69) is 0 Å². The van der Waals surface area contributed by atoms with Gasteiger partial charge in [0.2, 0.25) is 5.91 Å². The third kappa shape index (κ3) is 1.58. The summed E-state index contributed by atoms with van der Waals surface area (Å²) >= 11 is 0. The summed E-state index contributed by atoms with van der Waals surface area (Å²) in [6.45, 7) is 1.97. The van der Waals surface area contributed by atoms with Crippen molar-refractivity contribution in [2.24, 2.45) is 5.41 Å². The van der Waals surface area contributed by atoms with Crippen molar-refractivity contribution in [3.05, 3.63) is 24.3 Å². The van der Waals surface area contributed by atoms with Gasteiger partial charge < -0.3 is 4.90 Å². The van der Waals surface area contributed by atoms with Crippen molar-refractivity contribution in [2.75, 3.05) is 14.1 Å². The van der Waals surface area contributed by atoms with Crippen LogP contribution in [0.25, 0.3) is 0 Å². The molecule has 2 nitrogen and oxygen atoms in total. The van der Waals surface area contributed by atoms with E-state index in [1.165, 1.54) is 0 Å². The summed E-state index contributed by atoms with van der Waals surface area (Å²) in [5.41, 5.74) is -0.321. The van der Waals surface area contributed by atoms with E-state index < -0.39 is 0 Å². The maximum atomic E-state index is 11.7. The van der Waals surface area contributed by atoms with Gasteiger partial charge in [-0.05, 0) is 13.3 Å². The first-order valence-corrected chi connectivity index (χ1v) is 4.12. The Kier molecular flexibility index (Phi) is 2.36. The van der Waals surface area contributed by atoms with Crippen LogP contribution < -0.4 is 0 Å². The van der Waals surface area contributed by atoms with E-state index in [4.69, 9.17) is 0 Å². The van der Waals surface area contributed by atoms with E-state index in [-0.39, 0.29) is 11.3 Å². The van der Waals surface area contributed by atoms with Gasteiger partial charge in [-0.3, -0.25) is 4.79 Å². The van der Waals surface area contributed by atoms with Crippen molar-refractivity contribution in [1.82, 2.24) is 4.90 Å². The van der Waals surface area contributed by atoms with Crippen molar-refractivity contribution in [1.29, 1.82) is 0 Å². The molecule has 1 aliphatic rings. The molecule has 0 aliphatic heterocycles. The number of carbonyl (C=O) groups excluding carboxylic acids is 1. The molecule has 1 atom stereocenters. The Morgan fingerprint density at radius 1 is 1.42 bits per heavy atom. The van der Waals surface area contributed by atoms with Crippen LogP contribution in [0.15, 0.2) is 24.3 Å². The van der Waals surface area contributed by atoms with Gasteiger partial charge in [0.05, 0.1) is 5.41 Å². The molecule has 0 fully saturated rings. The summed E-state index contributed by atoms with van der Waals surface area (Å²) in [6.07, 6.45) is 8.72. The molecule has 0 heterocycles. The molecule has 0 bridgehead atoms. The molecule has 0 spiro atoms. The van der Waals surface area contributed by atoms with Gasteiger partial charge in [-0.25, -0.2) is 0 Å². The number of hydrogen-bond acceptors (Lipinski definition) is 1. The summed E-state index contributed by atoms with van der Waals surface area (Å²) in [6, 6.07) is 0. The predicted molar refractivity (Wildman–Crippen MR) is 49.7 cm³/mol. The van der Waals surface area contributed by atoms with Crippen LogP contribution in [0.1, 0.15) is 13.3 Å². The van der Waals surface area contributed by atoms with Crippen LogP contribution in [0.2, 0.25) is 0 Å².